The number of nitrogens with one attached hydrogen (secondary N) is 1. The predicted octanol–water partition coefficient (Wildman–Crippen LogP) is 4.06. The highest BCUT2D eigenvalue weighted by atomic mass is 19.4. The molecule has 11 heteroatoms. The number of piperazine rings is 1. The molecule has 1 fully saturated rings. The number of hydrogen-bond donors (Lipinski definition) is 2. The van der Waals surface area contributed by atoms with E-state index in [0.717, 1.165) is 42.7 Å². The maximum atomic E-state index is 12.4. The summed E-state index contributed by atoms with van der Waals surface area (Å²) in [5.74, 6) is 0.817. The molecule has 2 N–H and O–H groups in total. The highest BCUT2D eigenvalue weighted by molar-refractivity contribution is 5.93. The molecule has 4 aromatic rings. The fourth-order valence-electron chi connectivity index (χ4n) is 4.33. The van der Waals surface area contributed by atoms with Crippen LogP contribution in [0.4, 0.5) is 13.2 Å². The molecular formula is C24H24F3N5O3. The fraction of sp³-hybridized carbons (Fsp3) is 0.333. The minimum atomic E-state index is -4.74. The Labute approximate surface area is 198 Å². The van der Waals surface area contributed by atoms with Crippen LogP contribution in [0.25, 0.3) is 22.2 Å². The van der Waals surface area contributed by atoms with Crippen molar-refractivity contribution in [3.8, 4) is 23.0 Å². The maximum Gasteiger partial charge on any atom is 0.573 e. The van der Waals surface area contributed by atoms with Crippen LogP contribution < -0.4 is 10.1 Å². The fourth-order valence-corrected chi connectivity index (χ4v) is 4.33. The van der Waals surface area contributed by atoms with E-state index in [2.05, 4.69) is 25.1 Å². The number of hydrogen-bond acceptors (Lipinski definition) is 7. The SMILES string of the molecule is Cc1cc(-c2noc(CN3CCNCC3)n2)cc2cn(Cc3ccc(OC(F)(F)F)cc3)c(O)c12. The highest BCUT2D eigenvalue weighted by Gasteiger charge is 2.31. The predicted molar refractivity (Wildman–Crippen MR) is 122 cm³/mol. The molecule has 2 aromatic carbocycles. The van der Waals surface area contributed by atoms with Gasteiger partial charge in [-0.3, -0.25) is 4.90 Å². The number of aromatic nitrogens is 3. The normalized spacial score (nSPS) is 15.1. The molecule has 35 heavy (non-hydrogen) atoms. The number of fused-ring (bicyclic) bond motifs is 1. The summed E-state index contributed by atoms with van der Waals surface area (Å²) in [6, 6.07) is 9.35. The Hall–Kier alpha value is -3.57. The van der Waals surface area contributed by atoms with Gasteiger partial charge in [-0.05, 0) is 42.3 Å². The molecule has 0 bridgehead atoms. The van der Waals surface area contributed by atoms with Crippen molar-refractivity contribution in [2.24, 2.45) is 0 Å². The van der Waals surface area contributed by atoms with Gasteiger partial charge in [0, 0.05) is 48.7 Å². The molecule has 184 valence electrons. The summed E-state index contributed by atoms with van der Waals surface area (Å²) >= 11 is 0. The van der Waals surface area contributed by atoms with E-state index < -0.39 is 6.36 Å². The molecule has 5 rings (SSSR count). The smallest absolute Gasteiger partial charge is 0.494 e. The lowest BCUT2D eigenvalue weighted by molar-refractivity contribution is -0.274. The first-order chi connectivity index (χ1) is 16.7. The highest BCUT2D eigenvalue weighted by Crippen LogP contribution is 2.34. The molecule has 1 aliphatic rings. The molecule has 8 nitrogen and oxygen atoms in total. The van der Waals surface area contributed by atoms with Crippen molar-refractivity contribution in [2.45, 2.75) is 26.4 Å². The second kappa shape index (κ2) is 9.23. The quantitative estimate of drug-likeness (QED) is 0.424. The zero-order valence-corrected chi connectivity index (χ0v) is 19.0. The van der Waals surface area contributed by atoms with Gasteiger partial charge < -0.3 is 24.3 Å². The first-order valence-corrected chi connectivity index (χ1v) is 11.2. The van der Waals surface area contributed by atoms with Gasteiger partial charge in [-0.15, -0.1) is 13.2 Å². The molecule has 1 saturated heterocycles. The number of rotatable bonds is 6. The molecular weight excluding hydrogens is 463 g/mol. The van der Waals surface area contributed by atoms with Crippen LogP contribution in [0.3, 0.4) is 0 Å². The number of halogens is 3. The molecule has 3 heterocycles. The molecule has 2 aromatic heterocycles. The summed E-state index contributed by atoms with van der Waals surface area (Å²) < 4.78 is 48.2. The lowest BCUT2D eigenvalue weighted by Gasteiger charge is -2.25. The van der Waals surface area contributed by atoms with E-state index in [-0.39, 0.29) is 18.2 Å². The molecule has 0 spiro atoms. The molecule has 0 saturated carbocycles. The Morgan fingerprint density at radius 2 is 1.86 bits per heavy atom. The molecule has 0 radical (unpaired) electrons. The van der Waals surface area contributed by atoms with Gasteiger partial charge in [-0.1, -0.05) is 17.3 Å². The van der Waals surface area contributed by atoms with Crippen LogP contribution in [-0.2, 0) is 13.1 Å². The van der Waals surface area contributed by atoms with Crippen molar-refractivity contribution in [3.05, 3.63) is 59.6 Å². The van der Waals surface area contributed by atoms with Crippen molar-refractivity contribution in [1.82, 2.24) is 24.9 Å². The van der Waals surface area contributed by atoms with Gasteiger partial charge >= 0.3 is 6.36 Å². The third kappa shape index (κ3) is 5.25. The van der Waals surface area contributed by atoms with Crippen LogP contribution in [0.1, 0.15) is 17.0 Å². The zero-order chi connectivity index (χ0) is 24.6. The largest absolute Gasteiger partial charge is 0.573 e. The van der Waals surface area contributed by atoms with Crippen LogP contribution >= 0.6 is 0 Å². The third-order valence-corrected chi connectivity index (χ3v) is 5.96. The zero-order valence-electron chi connectivity index (χ0n) is 19.0. The summed E-state index contributed by atoms with van der Waals surface area (Å²) in [5.41, 5.74) is 2.33. The van der Waals surface area contributed by atoms with Gasteiger partial charge in [0.1, 0.15) is 5.75 Å². The van der Waals surface area contributed by atoms with Gasteiger partial charge in [0.25, 0.3) is 0 Å². The van der Waals surface area contributed by atoms with Crippen molar-refractivity contribution >= 4 is 10.8 Å². The topological polar surface area (TPSA) is 88.6 Å². The van der Waals surface area contributed by atoms with Crippen LogP contribution in [0.5, 0.6) is 11.6 Å². The average Bonchev–Trinajstić information content (AvgIpc) is 3.39. The second-order valence-electron chi connectivity index (χ2n) is 8.57. The average molecular weight is 487 g/mol. The monoisotopic (exact) mass is 487 g/mol. The van der Waals surface area contributed by atoms with Gasteiger partial charge in [-0.25, -0.2) is 0 Å². The van der Waals surface area contributed by atoms with E-state index in [4.69, 9.17) is 4.52 Å². The van der Waals surface area contributed by atoms with E-state index in [1.165, 1.54) is 24.3 Å². The molecule has 0 atom stereocenters. The number of aromatic hydroxyl groups is 1. The van der Waals surface area contributed by atoms with Gasteiger partial charge in [-0.2, -0.15) is 4.98 Å². The summed E-state index contributed by atoms with van der Waals surface area (Å²) in [7, 11) is 0. The van der Waals surface area contributed by atoms with E-state index in [1.807, 2.05) is 19.1 Å². The van der Waals surface area contributed by atoms with Crippen molar-refractivity contribution < 1.29 is 27.5 Å². The minimum absolute atomic E-state index is 0.0761. The van der Waals surface area contributed by atoms with E-state index in [0.29, 0.717) is 29.2 Å². The van der Waals surface area contributed by atoms with E-state index in [1.54, 1.807) is 10.8 Å². The van der Waals surface area contributed by atoms with Crippen LogP contribution in [0, 0.1) is 6.92 Å². The molecule has 0 amide bonds. The van der Waals surface area contributed by atoms with Gasteiger partial charge in [0.15, 0.2) is 5.88 Å². The Balaban J connectivity index is 1.36. The number of alkyl halides is 3. The van der Waals surface area contributed by atoms with Gasteiger partial charge in [0.2, 0.25) is 11.7 Å². The third-order valence-electron chi connectivity index (χ3n) is 5.96. The van der Waals surface area contributed by atoms with Crippen molar-refractivity contribution in [1.29, 1.82) is 0 Å². The molecule has 0 unspecified atom stereocenters. The van der Waals surface area contributed by atoms with E-state index >= 15 is 0 Å². The number of ether oxygens (including phenoxy) is 1. The standard InChI is InChI=1S/C24H24F3N5O3/c1-15-10-17(22-29-20(35-30-22)14-31-8-6-28-7-9-31)11-18-13-32(23(33)21(15)18)12-16-2-4-19(5-3-16)34-24(25,26)27/h2-5,10-11,13,28,33H,6-9,12,14H2,1H3. The van der Waals surface area contributed by atoms with Crippen molar-refractivity contribution in [2.75, 3.05) is 26.2 Å². The maximum absolute atomic E-state index is 12.4. The number of aryl methyl sites for hydroxylation is 1. The number of nitrogens with zero attached hydrogens (tertiary/aromatic N) is 4. The minimum Gasteiger partial charge on any atom is -0.494 e. The Morgan fingerprint density at radius 1 is 1.11 bits per heavy atom. The lowest BCUT2D eigenvalue weighted by Crippen LogP contribution is -2.42. The summed E-state index contributed by atoms with van der Waals surface area (Å²) in [5, 5.41) is 19.8. The van der Waals surface area contributed by atoms with Crippen LogP contribution in [0.2, 0.25) is 0 Å². The first-order valence-electron chi connectivity index (χ1n) is 11.2. The summed E-state index contributed by atoms with van der Waals surface area (Å²) in [6.45, 7) is 6.48. The second-order valence-corrected chi connectivity index (χ2v) is 8.57. The lowest BCUT2D eigenvalue weighted by atomic mass is 10.1. The van der Waals surface area contributed by atoms with Crippen LogP contribution in [0.15, 0.2) is 47.1 Å². The van der Waals surface area contributed by atoms with E-state index in [9.17, 15) is 18.3 Å². The van der Waals surface area contributed by atoms with Gasteiger partial charge in [0.05, 0.1) is 13.1 Å². The molecule has 1 aliphatic heterocycles. The van der Waals surface area contributed by atoms with Crippen LogP contribution in [-0.4, -0.2) is 57.3 Å². The summed E-state index contributed by atoms with van der Waals surface area (Å²) in [4.78, 5) is 6.80. The first kappa shape index (κ1) is 23.2. The Kier molecular flexibility index (Phi) is 6.12. The Bertz CT molecular complexity index is 1320. The summed E-state index contributed by atoms with van der Waals surface area (Å²) in [6.07, 6.45) is -2.94. The Morgan fingerprint density at radius 3 is 2.57 bits per heavy atom. The van der Waals surface area contributed by atoms with Crippen molar-refractivity contribution in [3.63, 3.8) is 0 Å². The molecule has 0 aliphatic carbocycles. The number of benzene rings is 2.